The summed E-state index contributed by atoms with van der Waals surface area (Å²) < 4.78 is 0. The molecule has 1 N–H and O–H groups in total. The smallest absolute Gasteiger partial charge is 0.0205 e. The third-order valence-electron chi connectivity index (χ3n) is 3.64. The molecule has 0 aliphatic rings. The number of hydrogen-bond acceptors (Lipinski definition) is 1. The maximum absolute atomic E-state index is 4.14. The summed E-state index contributed by atoms with van der Waals surface area (Å²) in [6.07, 6.45) is 1.14. The van der Waals surface area contributed by atoms with Gasteiger partial charge in [0, 0.05) is 6.54 Å². The Morgan fingerprint density at radius 1 is 1.00 bits per heavy atom. The van der Waals surface area contributed by atoms with Crippen molar-refractivity contribution in [1.82, 2.24) is 5.32 Å². The highest BCUT2D eigenvalue weighted by atomic mass is 14.8. The minimum atomic E-state index is 0.591. The molecule has 0 heterocycles. The molecule has 0 saturated carbocycles. The van der Waals surface area contributed by atoms with Crippen LogP contribution >= 0.6 is 0 Å². The first-order valence-electron chi connectivity index (χ1n) is 7.26. The lowest BCUT2D eigenvalue weighted by atomic mass is 9.98. The molecule has 104 valence electrons. The molecule has 2 aromatic rings. The second-order valence-corrected chi connectivity index (χ2v) is 5.25. The van der Waals surface area contributed by atoms with Gasteiger partial charge in [0.25, 0.3) is 0 Å². The average molecular weight is 265 g/mol. The van der Waals surface area contributed by atoms with Crippen LogP contribution in [-0.2, 0) is 0 Å². The fraction of sp³-hybridized carbons (Fsp3) is 0.263. The molecule has 0 aliphatic carbocycles. The summed E-state index contributed by atoms with van der Waals surface area (Å²) in [4.78, 5) is 0. The molecule has 1 nitrogen and oxygen atoms in total. The Bertz CT molecular complexity index is 516. The van der Waals surface area contributed by atoms with Crippen LogP contribution in [0, 0.1) is 0 Å². The van der Waals surface area contributed by atoms with Crippen LogP contribution < -0.4 is 5.32 Å². The van der Waals surface area contributed by atoms with Crippen molar-refractivity contribution >= 4 is 5.57 Å². The molecule has 0 aliphatic heterocycles. The number of nitrogens with one attached hydrogen (secondary N) is 1. The molecular weight excluding hydrogens is 242 g/mol. The Hall–Kier alpha value is -1.86. The van der Waals surface area contributed by atoms with E-state index in [1.807, 2.05) is 6.07 Å². The summed E-state index contributed by atoms with van der Waals surface area (Å²) in [6.45, 7) is 8.29. The molecule has 0 fully saturated rings. The van der Waals surface area contributed by atoms with Gasteiger partial charge in [0.1, 0.15) is 0 Å². The second-order valence-electron chi connectivity index (χ2n) is 5.25. The molecule has 1 unspecified atom stereocenters. The summed E-state index contributed by atoms with van der Waals surface area (Å²) in [5.41, 5.74) is 3.78. The normalized spacial score (nSPS) is 12.1. The molecule has 2 aromatic carbocycles. The first-order valence-corrected chi connectivity index (χ1v) is 7.26. The van der Waals surface area contributed by atoms with Crippen molar-refractivity contribution in [3.05, 3.63) is 78.4 Å². The Kier molecular flexibility index (Phi) is 5.57. The monoisotopic (exact) mass is 265 g/mol. The maximum atomic E-state index is 4.14. The van der Waals surface area contributed by atoms with Crippen molar-refractivity contribution < 1.29 is 0 Å². The van der Waals surface area contributed by atoms with Crippen LogP contribution in [-0.4, -0.2) is 13.1 Å². The molecule has 1 heteroatoms. The van der Waals surface area contributed by atoms with Crippen molar-refractivity contribution in [2.75, 3.05) is 13.1 Å². The van der Waals surface area contributed by atoms with Crippen LogP contribution in [0.4, 0.5) is 0 Å². The van der Waals surface area contributed by atoms with Gasteiger partial charge in [-0.2, -0.15) is 0 Å². The van der Waals surface area contributed by atoms with E-state index >= 15 is 0 Å². The lowest BCUT2D eigenvalue weighted by molar-refractivity contribution is 0.622. The largest absolute Gasteiger partial charge is 0.313 e. The quantitative estimate of drug-likeness (QED) is 0.728. The number of hydrogen-bond donors (Lipinski definition) is 1. The summed E-state index contributed by atoms with van der Waals surface area (Å²) in [5.74, 6) is 0.591. The zero-order chi connectivity index (χ0) is 14.2. The van der Waals surface area contributed by atoms with Gasteiger partial charge in [-0.15, -0.1) is 0 Å². The van der Waals surface area contributed by atoms with E-state index in [1.54, 1.807) is 0 Å². The summed E-state index contributed by atoms with van der Waals surface area (Å²) >= 11 is 0. The van der Waals surface area contributed by atoms with Gasteiger partial charge in [-0.3, -0.25) is 0 Å². The molecule has 0 spiro atoms. The summed E-state index contributed by atoms with van der Waals surface area (Å²) in [7, 11) is 0. The van der Waals surface area contributed by atoms with Crippen LogP contribution in [0.25, 0.3) is 5.57 Å². The molecule has 20 heavy (non-hydrogen) atoms. The van der Waals surface area contributed by atoms with Gasteiger partial charge >= 0.3 is 0 Å². The van der Waals surface area contributed by atoms with E-state index in [4.69, 9.17) is 0 Å². The van der Waals surface area contributed by atoms with Gasteiger partial charge in [0.15, 0.2) is 0 Å². The highest BCUT2D eigenvalue weighted by molar-refractivity contribution is 5.64. The SMILES string of the molecule is C=C(CNCCC(C)c1ccccc1)c1ccccc1. The first-order chi connectivity index (χ1) is 9.77. The third kappa shape index (κ3) is 4.36. The maximum Gasteiger partial charge on any atom is 0.0205 e. The molecule has 2 rings (SSSR count). The van der Waals surface area contributed by atoms with Crippen LogP contribution in [0.3, 0.4) is 0 Å². The van der Waals surface area contributed by atoms with Gasteiger partial charge in [-0.05, 0) is 35.6 Å². The van der Waals surface area contributed by atoms with E-state index < -0.39 is 0 Å². The topological polar surface area (TPSA) is 12.0 Å². The predicted octanol–water partition coefficient (Wildman–Crippen LogP) is 4.48. The minimum absolute atomic E-state index is 0.591. The lowest BCUT2D eigenvalue weighted by Crippen LogP contribution is -2.19. The fourth-order valence-electron chi connectivity index (χ4n) is 2.28. The molecule has 0 amide bonds. The molecule has 0 radical (unpaired) electrons. The lowest BCUT2D eigenvalue weighted by Gasteiger charge is -2.13. The van der Waals surface area contributed by atoms with Gasteiger partial charge < -0.3 is 5.32 Å². The van der Waals surface area contributed by atoms with Crippen LogP contribution in [0.15, 0.2) is 67.2 Å². The van der Waals surface area contributed by atoms with Gasteiger partial charge in [0.2, 0.25) is 0 Å². The Morgan fingerprint density at radius 3 is 2.25 bits per heavy atom. The zero-order valence-electron chi connectivity index (χ0n) is 12.2. The van der Waals surface area contributed by atoms with E-state index in [-0.39, 0.29) is 0 Å². The molecule has 1 atom stereocenters. The third-order valence-corrected chi connectivity index (χ3v) is 3.64. The van der Waals surface area contributed by atoms with Crippen molar-refractivity contribution in [3.63, 3.8) is 0 Å². The zero-order valence-corrected chi connectivity index (χ0v) is 12.2. The van der Waals surface area contributed by atoms with Crippen LogP contribution in [0.5, 0.6) is 0 Å². The minimum Gasteiger partial charge on any atom is -0.313 e. The first kappa shape index (κ1) is 14.5. The molecule has 0 saturated heterocycles. The fourth-order valence-corrected chi connectivity index (χ4v) is 2.28. The highest BCUT2D eigenvalue weighted by Gasteiger charge is 2.04. The van der Waals surface area contributed by atoms with Gasteiger partial charge in [-0.25, -0.2) is 0 Å². The van der Waals surface area contributed by atoms with E-state index in [0.717, 1.165) is 25.1 Å². The van der Waals surface area contributed by atoms with Crippen molar-refractivity contribution in [3.8, 4) is 0 Å². The Morgan fingerprint density at radius 2 is 1.60 bits per heavy atom. The second kappa shape index (κ2) is 7.66. The average Bonchev–Trinajstić information content (AvgIpc) is 2.53. The van der Waals surface area contributed by atoms with Crippen LogP contribution in [0.1, 0.15) is 30.4 Å². The predicted molar refractivity (Wildman–Crippen MR) is 87.8 cm³/mol. The number of benzene rings is 2. The van der Waals surface area contributed by atoms with Crippen LogP contribution in [0.2, 0.25) is 0 Å². The molecule has 0 aromatic heterocycles. The van der Waals surface area contributed by atoms with E-state index in [2.05, 4.69) is 73.4 Å². The van der Waals surface area contributed by atoms with Gasteiger partial charge in [-0.1, -0.05) is 74.2 Å². The standard InChI is InChI=1S/C19H23N/c1-16(18-9-5-3-6-10-18)13-14-20-15-17(2)19-11-7-4-8-12-19/h3-12,16,20H,2,13-15H2,1H3. The van der Waals surface area contributed by atoms with Crippen molar-refractivity contribution in [2.24, 2.45) is 0 Å². The van der Waals surface area contributed by atoms with E-state index in [0.29, 0.717) is 5.92 Å². The molecule has 0 bridgehead atoms. The Balaban J connectivity index is 1.71. The summed E-state index contributed by atoms with van der Waals surface area (Å²) in [5, 5.41) is 3.48. The van der Waals surface area contributed by atoms with E-state index in [9.17, 15) is 0 Å². The highest BCUT2D eigenvalue weighted by Crippen LogP contribution is 2.17. The van der Waals surface area contributed by atoms with E-state index in [1.165, 1.54) is 11.1 Å². The summed E-state index contributed by atoms with van der Waals surface area (Å²) in [6, 6.07) is 21.0. The molecular formula is C19H23N. The number of rotatable bonds is 7. The Labute approximate surface area is 122 Å². The van der Waals surface area contributed by atoms with Crippen molar-refractivity contribution in [2.45, 2.75) is 19.3 Å². The van der Waals surface area contributed by atoms with Crippen molar-refractivity contribution in [1.29, 1.82) is 0 Å². The van der Waals surface area contributed by atoms with Gasteiger partial charge in [0.05, 0.1) is 0 Å².